The monoisotopic (exact) mass is 473 g/mol. The number of benzene rings is 3. The summed E-state index contributed by atoms with van der Waals surface area (Å²) in [4.78, 5) is 28.1. The molecule has 3 aromatic rings. The number of carbonyl (C=O) groups excluding carboxylic acids is 2. The van der Waals surface area contributed by atoms with E-state index in [4.69, 9.17) is 9.47 Å². The molecule has 0 aromatic heterocycles. The molecular weight excluding hydrogens is 445 g/mol. The second-order valence-corrected chi connectivity index (χ2v) is 8.43. The summed E-state index contributed by atoms with van der Waals surface area (Å²) in [6, 6.07) is 24.6. The smallest absolute Gasteiger partial charge is 0.328 e. The van der Waals surface area contributed by atoms with Crippen molar-refractivity contribution in [2.45, 2.75) is 24.5 Å². The number of esters is 1. The van der Waals surface area contributed by atoms with Gasteiger partial charge in [0.1, 0.15) is 11.9 Å². The number of nitrogens with zero attached hydrogens (tertiary/aromatic N) is 1. The second-order valence-electron chi connectivity index (χ2n) is 8.43. The number of hydrogen-bond acceptors (Lipinski definition) is 4. The van der Waals surface area contributed by atoms with Crippen LogP contribution < -0.4 is 0 Å². The molecule has 3 aromatic carbocycles. The predicted octanol–water partition coefficient (Wildman–Crippen LogP) is 4.83. The lowest BCUT2D eigenvalue weighted by atomic mass is 9.90. The van der Waals surface area contributed by atoms with Gasteiger partial charge in [0.15, 0.2) is 0 Å². The van der Waals surface area contributed by atoms with Crippen LogP contribution in [0.1, 0.15) is 29.0 Å². The van der Waals surface area contributed by atoms with E-state index in [0.717, 1.165) is 16.7 Å². The molecule has 0 bridgehead atoms. The van der Waals surface area contributed by atoms with Gasteiger partial charge in [-0.2, -0.15) is 0 Å². The van der Waals surface area contributed by atoms with Gasteiger partial charge in [-0.25, -0.2) is 9.18 Å². The van der Waals surface area contributed by atoms with Crippen LogP contribution in [-0.4, -0.2) is 49.2 Å². The van der Waals surface area contributed by atoms with E-state index in [2.05, 4.69) is 0 Å². The molecule has 1 heterocycles. The third-order valence-corrected chi connectivity index (χ3v) is 6.14. The molecule has 35 heavy (non-hydrogen) atoms. The molecule has 1 fully saturated rings. The summed E-state index contributed by atoms with van der Waals surface area (Å²) in [5, 5.41) is 0. The second kappa shape index (κ2) is 11.6. The van der Waals surface area contributed by atoms with Crippen LogP contribution >= 0.6 is 0 Å². The molecule has 1 aliphatic heterocycles. The Balaban J connectivity index is 1.50. The van der Waals surface area contributed by atoms with E-state index in [1.54, 1.807) is 17.0 Å². The predicted molar refractivity (Wildman–Crippen MR) is 132 cm³/mol. The number of rotatable bonds is 8. The minimum Gasteiger partial charge on any atom is -0.467 e. The maximum absolute atomic E-state index is 13.9. The molecule has 2 atom stereocenters. The van der Waals surface area contributed by atoms with Gasteiger partial charge < -0.3 is 14.4 Å². The van der Waals surface area contributed by atoms with E-state index >= 15 is 0 Å². The van der Waals surface area contributed by atoms with Crippen LogP contribution in [0.25, 0.3) is 6.08 Å². The van der Waals surface area contributed by atoms with Crippen molar-refractivity contribution in [1.29, 1.82) is 0 Å². The van der Waals surface area contributed by atoms with Gasteiger partial charge in [0, 0.05) is 13.0 Å². The molecule has 5 nitrogen and oxygen atoms in total. The minimum absolute atomic E-state index is 0.161. The third kappa shape index (κ3) is 6.03. The lowest BCUT2D eigenvalue weighted by Crippen LogP contribution is -2.43. The SMILES string of the molecule is COC(=O)[C@@H]1C[C@H](OCC=Cc2ccc(F)cc2)CN1C(=O)C(c1ccccc1)c1ccccc1. The van der Waals surface area contributed by atoms with Crippen molar-refractivity contribution in [1.82, 2.24) is 4.90 Å². The van der Waals surface area contributed by atoms with Gasteiger partial charge >= 0.3 is 5.97 Å². The van der Waals surface area contributed by atoms with Gasteiger partial charge in [-0.15, -0.1) is 0 Å². The molecule has 6 heteroatoms. The van der Waals surface area contributed by atoms with Gasteiger partial charge in [0.25, 0.3) is 0 Å². The first-order chi connectivity index (χ1) is 17.1. The largest absolute Gasteiger partial charge is 0.467 e. The Morgan fingerprint density at radius 3 is 2.14 bits per heavy atom. The summed E-state index contributed by atoms with van der Waals surface area (Å²) in [6.45, 7) is 0.595. The molecule has 4 rings (SSSR count). The van der Waals surface area contributed by atoms with Crippen LogP contribution in [0, 0.1) is 5.82 Å². The molecule has 1 amide bonds. The normalized spacial score (nSPS) is 17.7. The van der Waals surface area contributed by atoms with E-state index in [1.807, 2.05) is 72.8 Å². The Hall–Kier alpha value is -3.77. The van der Waals surface area contributed by atoms with E-state index in [0.29, 0.717) is 19.6 Å². The van der Waals surface area contributed by atoms with Gasteiger partial charge in [0.05, 0.1) is 25.7 Å². The quantitative estimate of drug-likeness (QED) is 0.440. The maximum atomic E-state index is 13.9. The molecule has 0 spiro atoms. The van der Waals surface area contributed by atoms with Crippen LogP contribution in [-0.2, 0) is 19.1 Å². The first kappa shape index (κ1) is 24.4. The highest BCUT2D eigenvalue weighted by atomic mass is 19.1. The molecule has 0 unspecified atom stereocenters. The molecule has 1 saturated heterocycles. The van der Waals surface area contributed by atoms with Crippen molar-refractivity contribution in [2.75, 3.05) is 20.3 Å². The molecule has 0 saturated carbocycles. The average molecular weight is 474 g/mol. The third-order valence-electron chi connectivity index (χ3n) is 6.14. The Labute approximate surface area is 204 Å². The lowest BCUT2D eigenvalue weighted by molar-refractivity contribution is -0.151. The molecule has 1 aliphatic rings. The van der Waals surface area contributed by atoms with Crippen LogP contribution in [0.2, 0.25) is 0 Å². The first-order valence-corrected chi connectivity index (χ1v) is 11.6. The number of halogens is 1. The van der Waals surface area contributed by atoms with Crippen molar-refractivity contribution in [2.24, 2.45) is 0 Å². The summed E-state index contributed by atoms with van der Waals surface area (Å²) in [5.74, 6) is -1.44. The van der Waals surface area contributed by atoms with E-state index < -0.39 is 17.9 Å². The zero-order valence-electron chi connectivity index (χ0n) is 19.5. The molecular formula is C29H28FNO4. The summed E-state index contributed by atoms with van der Waals surface area (Å²) in [7, 11) is 1.33. The zero-order chi connectivity index (χ0) is 24.6. The summed E-state index contributed by atoms with van der Waals surface area (Å²) < 4.78 is 24.1. The van der Waals surface area contributed by atoms with Crippen molar-refractivity contribution in [3.05, 3.63) is 114 Å². The highest BCUT2D eigenvalue weighted by Crippen LogP contribution is 2.31. The van der Waals surface area contributed by atoms with Crippen molar-refractivity contribution in [3.63, 3.8) is 0 Å². The summed E-state index contributed by atoms with van der Waals surface area (Å²) >= 11 is 0. The number of methoxy groups -OCH3 is 1. The van der Waals surface area contributed by atoms with E-state index in [9.17, 15) is 14.0 Å². The Morgan fingerprint density at radius 1 is 0.971 bits per heavy atom. The maximum Gasteiger partial charge on any atom is 0.328 e. The van der Waals surface area contributed by atoms with Crippen molar-refractivity contribution >= 4 is 18.0 Å². The molecule has 0 radical (unpaired) electrons. The van der Waals surface area contributed by atoms with Crippen LogP contribution in [0.5, 0.6) is 0 Å². The fraction of sp³-hybridized carbons (Fsp3) is 0.241. The van der Waals surface area contributed by atoms with E-state index in [1.165, 1.54) is 19.2 Å². The fourth-order valence-corrected chi connectivity index (χ4v) is 4.41. The fourth-order valence-electron chi connectivity index (χ4n) is 4.41. The number of hydrogen-bond donors (Lipinski definition) is 0. The van der Waals surface area contributed by atoms with Crippen molar-refractivity contribution < 1.29 is 23.5 Å². The Kier molecular flexibility index (Phi) is 8.06. The molecule has 0 N–H and O–H groups in total. The number of likely N-dealkylation sites (tertiary alicyclic amines) is 1. The summed E-state index contributed by atoms with van der Waals surface area (Å²) in [5.41, 5.74) is 2.58. The van der Waals surface area contributed by atoms with Gasteiger partial charge in [-0.3, -0.25) is 4.79 Å². The number of ether oxygens (including phenoxy) is 2. The van der Waals surface area contributed by atoms with Crippen molar-refractivity contribution in [3.8, 4) is 0 Å². The highest BCUT2D eigenvalue weighted by Gasteiger charge is 2.43. The highest BCUT2D eigenvalue weighted by molar-refractivity contribution is 5.91. The van der Waals surface area contributed by atoms with Crippen LogP contribution in [0.4, 0.5) is 4.39 Å². The summed E-state index contributed by atoms with van der Waals surface area (Å²) in [6.07, 6.45) is 3.73. The standard InChI is InChI=1S/C29H28FNO4/c1-34-29(33)26-19-25(35-18-8-9-21-14-16-24(30)17-15-21)20-31(26)28(32)27(22-10-4-2-5-11-22)23-12-6-3-7-13-23/h2-17,25-27H,18-20H2,1H3/t25-,26-/m0/s1. The average Bonchev–Trinajstić information content (AvgIpc) is 3.33. The number of amides is 1. The topological polar surface area (TPSA) is 55.8 Å². The lowest BCUT2D eigenvalue weighted by Gasteiger charge is -2.28. The van der Waals surface area contributed by atoms with E-state index in [-0.39, 0.29) is 17.8 Å². The minimum atomic E-state index is -0.714. The Morgan fingerprint density at radius 2 is 1.57 bits per heavy atom. The molecule has 0 aliphatic carbocycles. The molecule has 180 valence electrons. The van der Waals surface area contributed by atoms with Gasteiger partial charge in [-0.1, -0.05) is 84.9 Å². The van der Waals surface area contributed by atoms with Gasteiger partial charge in [-0.05, 0) is 28.8 Å². The Bertz CT molecular complexity index is 1110. The van der Waals surface area contributed by atoms with Crippen LogP contribution in [0.15, 0.2) is 91.0 Å². The zero-order valence-corrected chi connectivity index (χ0v) is 19.5. The van der Waals surface area contributed by atoms with Crippen LogP contribution in [0.3, 0.4) is 0 Å². The number of carbonyl (C=O) groups is 2. The van der Waals surface area contributed by atoms with Gasteiger partial charge in [0.2, 0.25) is 5.91 Å². The first-order valence-electron chi connectivity index (χ1n) is 11.6.